The third-order valence-corrected chi connectivity index (χ3v) is 3.51. The molecule has 1 heterocycles. The lowest BCUT2D eigenvalue weighted by Crippen LogP contribution is -2.49. The predicted octanol–water partition coefficient (Wildman–Crippen LogP) is 2.28. The third kappa shape index (κ3) is 4.14. The van der Waals surface area contributed by atoms with Crippen molar-refractivity contribution in [2.24, 2.45) is 11.7 Å². The maximum absolute atomic E-state index is 12.7. The van der Waals surface area contributed by atoms with E-state index >= 15 is 0 Å². The van der Waals surface area contributed by atoms with Crippen molar-refractivity contribution in [3.63, 3.8) is 0 Å². The molecule has 1 rings (SSSR count). The van der Waals surface area contributed by atoms with E-state index in [1.807, 2.05) is 13.0 Å². The Bertz CT molecular complexity index is 320. The van der Waals surface area contributed by atoms with Gasteiger partial charge < -0.3 is 5.73 Å². The van der Waals surface area contributed by atoms with Gasteiger partial charge in [0.05, 0.1) is 12.0 Å². The Kier molecular flexibility index (Phi) is 4.62. The maximum Gasteiger partial charge on any atom is 0.393 e. The molecule has 1 aliphatic rings. The molecule has 104 valence electrons. The number of halogens is 3. The highest BCUT2D eigenvalue weighted by atomic mass is 19.4. The number of likely N-dealkylation sites (tertiary alicyclic amines) is 1. The Hall–Kier alpha value is -0.800. The van der Waals surface area contributed by atoms with Crippen molar-refractivity contribution in [3.05, 3.63) is 0 Å². The highest BCUT2D eigenvalue weighted by Crippen LogP contribution is 2.34. The van der Waals surface area contributed by atoms with E-state index in [1.54, 1.807) is 11.8 Å². The van der Waals surface area contributed by atoms with Crippen LogP contribution in [0.2, 0.25) is 0 Å². The molecule has 2 N–H and O–H groups in total. The molecule has 1 aliphatic heterocycles. The van der Waals surface area contributed by atoms with Gasteiger partial charge in [-0.1, -0.05) is 0 Å². The molecular formula is C12H20F3N3. The molecule has 0 saturated carbocycles. The Morgan fingerprint density at radius 1 is 1.50 bits per heavy atom. The van der Waals surface area contributed by atoms with E-state index < -0.39 is 17.6 Å². The van der Waals surface area contributed by atoms with Gasteiger partial charge in [-0.15, -0.1) is 0 Å². The van der Waals surface area contributed by atoms with Crippen LogP contribution in [-0.4, -0.2) is 35.7 Å². The van der Waals surface area contributed by atoms with Crippen molar-refractivity contribution in [1.29, 1.82) is 5.26 Å². The lowest BCUT2D eigenvalue weighted by atomic mass is 9.92. The predicted molar refractivity (Wildman–Crippen MR) is 62.6 cm³/mol. The molecule has 0 radical (unpaired) electrons. The third-order valence-electron chi connectivity index (χ3n) is 3.51. The molecule has 0 aromatic heterocycles. The van der Waals surface area contributed by atoms with Gasteiger partial charge in [0.2, 0.25) is 0 Å². The van der Waals surface area contributed by atoms with Gasteiger partial charge in [0.25, 0.3) is 0 Å². The fraction of sp³-hybridized carbons (Fsp3) is 0.917. The van der Waals surface area contributed by atoms with Crippen LogP contribution in [0.5, 0.6) is 0 Å². The fourth-order valence-electron chi connectivity index (χ4n) is 2.46. The van der Waals surface area contributed by atoms with Gasteiger partial charge in [-0.25, -0.2) is 0 Å². The number of rotatable bonds is 3. The van der Waals surface area contributed by atoms with Gasteiger partial charge in [-0.2, -0.15) is 18.4 Å². The van der Waals surface area contributed by atoms with Crippen LogP contribution in [0.25, 0.3) is 0 Å². The Labute approximate surface area is 106 Å². The first-order valence-corrected chi connectivity index (χ1v) is 6.16. The standard InChI is InChI=1S/C12H20F3N3/c1-9(6-11(2,17)8-16)18-5-3-4-10(7-18)12(13,14)15/h9-10H,3-7,17H2,1-2H3. The van der Waals surface area contributed by atoms with Crippen LogP contribution in [0, 0.1) is 17.2 Å². The summed E-state index contributed by atoms with van der Waals surface area (Å²) in [7, 11) is 0. The Balaban J connectivity index is 2.59. The summed E-state index contributed by atoms with van der Waals surface area (Å²) >= 11 is 0. The molecule has 3 unspecified atom stereocenters. The van der Waals surface area contributed by atoms with Crippen LogP contribution < -0.4 is 5.73 Å². The highest BCUT2D eigenvalue weighted by Gasteiger charge is 2.42. The summed E-state index contributed by atoms with van der Waals surface area (Å²) in [5, 5.41) is 8.85. The second kappa shape index (κ2) is 5.45. The Morgan fingerprint density at radius 3 is 2.61 bits per heavy atom. The molecular weight excluding hydrogens is 243 g/mol. The number of hydrogen-bond acceptors (Lipinski definition) is 3. The maximum atomic E-state index is 12.7. The summed E-state index contributed by atoms with van der Waals surface area (Å²) in [6.45, 7) is 4.11. The average molecular weight is 263 g/mol. The molecule has 0 amide bonds. The zero-order chi connectivity index (χ0) is 14.0. The topological polar surface area (TPSA) is 53.1 Å². The monoisotopic (exact) mass is 263 g/mol. The molecule has 1 fully saturated rings. The van der Waals surface area contributed by atoms with Crippen molar-refractivity contribution in [1.82, 2.24) is 4.90 Å². The molecule has 3 nitrogen and oxygen atoms in total. The van der Waals surface area contributed by atoms with E-state index in [0.717, 1.165) is 0 Å². The van der Waals surface area contributed by atoms with Crippen molar-refractivity contribution in [3.8, 4) is 6.07 Å². The van der Waals surface area contributed by atoms with Crippen LogP contribution in [-0.2, 0) is 0 Å². The summed E-state index contributed by atoms with van der Waals surface area (Å²) < 4.78 is 38.0. The molecule has 6 heteroatoms. The number of nitrogens with two attached hydrogens (primary N) is 1. The molecule has 18 heavy (non-hydrogen) atoms. The van der Waals surface area contributed by atoms with Crippen molar-refractivity contribution >= 4 is 0 Å². The minimum atomic E-state index is -4.13. The van der Waals surface area contributed by atoms with Gasteiger partial charge in [-0.05, 0) is 39.7 Å². The van der Waals surface area contributed by atoms with E-state index in [4.69, 9.17) is 11.0 Å². The smallest absolute Gasteiger partial charge is 0.314 e. The van der Waals surface area contributed by atoms with Crippen LogP contribution in [0.1, 0.15) is 33.1 Å². The van der Waals surface area contributed by atoms with Crippen LogP contribution in [0.15, 0.2) is 0 Å². The summed E-state index contributed by atoms with van der Waals surface area (Å²) in [6.07, 6.45) is -3.00. The van der Waals surface area contributed by atoms with Crippen molar-refractivity contribution in [2.45, 2.75) is 50.9 Å². The van der Waals surface area contributed by atoms with Crippen LogP contribution in [0.3, 0.4) is 0 Å². The lowest BCUT2D eigenvalue weighted by molar-refractivity contribution is -0.188. The molecule has 0 bridgehead atoms. The number of piperidine rings is 1. The van der Waals surface area contributed by atoms with E-state index in [-0.39, 0.29) is 19.0 Å². The van der Waals surface area contributed by atoms with Gasteiger partial charge in [0, 0.05) is 12.6 Å². The fourth-order valence-corrected chi connectivity index (χ4v) is 2.46. The summed E-state index contributed by atoms with van der Waals surface area (Å²) in [4.78, 5) is 1.80. The highest BCUT2D eigenvalue weighted by molar-refractivity contribution is 5.03. The number of nitrogens with zero attached hydrogens (tertiary/aromatic N) is 2. The second-order valence-electron chi connectivity index (χ2n) is 5.46. The molecule has 0 spiro atoms. The van der Waals surface area contributed by atoms with E-state index in [1.165, 1.54) is 0 Å². The van der Waals surface area contributed by atoms with E-state index in [9.17, 15) is 13.2 Å². The summed E-state index contributed by atoms with van der Waals surface area (Å²) in [5.74, 6) is -1.25. The van der Waals surface area contributed by atoms with Gasteiger partial charge in [0.1, 0.15) is 5.54 Å². The summed E-state index contributed by atoms with van der Waals surface area (Å²) in [6, 6.07) is 1.87. The molecule has 0 aromatic carbocycles. The number of hydrogen-bond donors (Lipinski definition) is 1. The normalized spacial score (nSPS) is 27.3. The quantitative estimate of drug-likeness (QED) is 0.850. The average Bonchev–Trinajstić information content (AvgIpc) is 2.27. The second-order valence-corrected chi connectivity index (χ2v) is 5.46. The molecule has 3 atom stereocenters. The van der Waals surface area contributed by atoms with Gasteiger partial charge in [-0.3, -0.25) is 4.90 Å². The minimum Gasteiger partial charge on any atom is -0.314 e. The first-order valence-electron chi connectivity index (χ1n) is 6.16. The van der Waals surface area contributed by atoms with E-state index in [2.05, 4.69) is 0 Å². The molecule has 0 aliphatic carbocycles. The van der Waals surface area contributed by atoms with Crippen molar-refractivity contribution in [2.75, 3.05) is 13.1 Å². The summed E-state index contributed by atoms with van der Waals surface area (Å²) in [5.41, 5.74) is 4.75. The van der Waals surface area contributed by atoms with E-state index in [0.29, 0.717) is 19.4 Å². The first-order chi connectivity index (χ1) is 8.15. The molecule has 0 aromatic rings. The number of alkyl halides is 3. The number of nitriles is 1. The Morgan fingerprint density at radius 2 is 2.11 bits per heavy atom. The van der Waals surface area contributed by atoms with Gasteiger partial charge >= 0.3 is 6.18 Å². The zero-order valence-electron chi connectivity index (χ0n) is 10.8. The molecule has 1 saturated heterocycles. The zero-order valence-corrected chi connectivity index (χ0v) is 10.8. The largest absolute Gasteiger partial charge is 0.393 e. The first kappa shape index (κ1) is 15.3. The lowest BCUT2D eigenvalue weighted by Gasteiger charge is -2.38. The van der Waals surface area contributed by atoms with Gasteiger partial charge in [0.15, 0.2) is 0 Å². The van der Waals surface area contributed by atoms with Crippen LogP contribution >= 0.6 is 0 Å². The van der Waals surface area contributed by atoms with Crippen LogP contribution in [0.4, 0.5) is 13.2 Å². The SMILES string of the molecule is CC(CC(C)(N)C#N)N1CCCC(C(F)(F)F)C1. The minimum absolute atomic E-state index is 0.0200. The van der Waals surface area contributed by atoms with Crippen molar-refractivity contribution < 1.29 is 13.2 Å².